The van der Waals surface area contributed by atoms with Gasteiger partial charge in [0.1, 0.15) is 0 Å². The highest BCUT2D eigenvalue weighted by atomic mass is 16.5. The molecule has 176 valence electrons. The first-order valence-corrected chi connectivity index (χ1v) is 12.8. The number of unbranched alkanes of at least 4 members (excludes halogenated alkanes) is 10. The summed E-state index contributed by atoms with van der Waals surface area (Å²) in [4.78, 5) is 12.9. The standard InChI is InChI=1S/C29H42O3/c1-3-5-7-9-11-16-22-31-27-21-20-26(29(30)25-18-14-13-15-19-25)24-28(27)32-23-17-12-10-8-6-4-2/h13-15,18-21,24H,3-12,16-17,22-23H2,1-2H3. The van der Waals surface area contributed by atoms with E-state index in [4.69, 9.17) is 9.47 Å². The van der Waals surface area contributed by atoms with Crippen molar-refractivity contribution < 1.29 is 14.3 Å². The van der Waals surface area contributed by atoms with E-state index in [9.17, 15) is 4.79 Å². The molecule has 0 unspecified atom stereocenters. The quantitative estimate of drug-likeness (QED) is 0.173. The van der Waals surface area contributed by atoms with E-state index in [2.05, 4.69) is 13.8 Å². The predicted molar refractivity (Wildman–Crippen MR) is 134 cm³/mol. The molecule has 0 atom stereocenters. The Morgan fingerprint density at radius 1 is 0.594 bits per heavy atom. The SMILES string of the molecule is CCCCCCCCOc1ccc(C(=O)c2ccccc2)cc1OCCCCCCCC. The van der Waals surface area contributed by atoms with E-state index in [0.29, 0.717) is 30.1 Å². The maximum atomic E-state index is 12.9. The van der Waals surface area contributed by atoms with Crippen molar-refractivity contribution in [3.63, 3.8) is 0 Å². The lowest BCUT2D eigenvalue weighted by atomic mass is 10.0. The van der Waals surface area contributed by atoms with Crippen molar-refractivity contribution in [2.75, 3.05) is 13.2 Å². The molecule has 32 heavy (non-hydrogen) atoms. The van der Waals surface area contributed by atoms with Crippen LogP contribution >= 0.6 is 0 Å². The summed E-state index contributed by atoms with van der Waals surface area (Å²) in [6.45, 7) is 5.82. The van der Waals surface area contributed by atoms with Gasteiger partial charge in [0.05, 0.1) is 13.2 Å². The normalized spacial score (nSPS) is 10.8. The van der Waals surface area contributed by atoms with E-state index >= 15 is 0 Å². The molecule has 0 spiro atoms. The Kier molecular flexibility index (Phi) is 13.3. The van der Waals surface area contributed by atoms with Crippen LogP contribution in [0.1, 0.15) is 107 Å². The number of carbonyl (C=O) groups excluding carboxylic acids is 1. The molecule has 0 heterocycles. The minimum atomic E-state index is 0.0116. The number of rotatable bonds is 18. The minimum absolute atomic E-state index is 0.0116. The van der Waals surface area contributed by atoms with Crippen molar-refractivity contribution in [1.29, 1.82) is 0 Å². The lowest BCUT2D eigenvalue weighted by molar-refractivity contribution is 0.103. The molecule has 0 aliphatic rings. The average Bonchev–Trinajstić information content (AvgIpc) is 2.83. The van der Waals surface area contributed by atoms with Gasteiger partial charge < -0.3 is 9.47 Å². The summed E-state index contributed by atoms with van der Waals surface area (Å²) < 4.78 is 12.2. The molecule has 0 N–H and O–H groups in total. The Morgan fingerprint density at radius 3 is 1.72 bits per heavy atom. The Labute approximate surface area is 195 Å². The van der Waals surface area contributed by atoms with Crippen LogP contribution < -0.4 is 9.47 Å². The molecule has 2 aromatic carbocycles. The van der Waals surface area contributed by atoms with Gasteiger partial charge in [-0.05, 0) is 31.0 Å². The number of hydrogen-bond acceptors (Lipinski definition) is 3. The van der Waals surface area contributed by atoms with E-state index in [0.717, 1.165) is 18.6 Å². The third kappa shape index (κ3) is 9.89. The van der Waals surface area contributed by atoms with Gasteiger partial charge in [-0.3, -0.25) is 4.79 Å². The molecule has 0 aliphatic carbocycles. The Hall–Kier alpha value is -2.29. The lowest BCUT2D eigenvalue weighted by Gasteiger charge is -2.14. The number of ether oxygens (including phenoxy) is 2. The van der Waals surface area contributed by atoms with Crippen molar-refractivity contribution in [2.24, 2.45) is 0 Å². The van der Waals surface area contributed by atoms with Gasteiger partial charge in [-0.25, -0.2) is 0 Å². The van der Waals surface area contributed by atoms with Crippen molar-refractivity contribution >= 4 is 5.78 Å². The van der Waals surface area contributed by atoms with Crippen molar-refractivity contribution in [2.45, 2.75) is 90.9 Å². The predicted octanol–water partition coefficient (Wildman–Crippen LogP) is 8.40. The molecule has 0 bridgehead atoms. The molecule has 0 saturated carbocycles. The van der Waals surface area contributed by atoms with E-state index in [1.165, 1.54) is 64.2 Å². The molecule has 0 amide bonds. The van der Waals surface area contributed by atoms with Gasteiger partial charge in [-0.2, -0.15) is 0 Å². The molecular weight excluding hydrogens is 396 g/mol. The van der Waals surface area contributed by atoms with Crippen molar-refractivity contribution in [1.82, 2.24) is 0 Å². The van der Waals surface area contributed by atoms with Crippen LogP contribution in [-0.4, -0.2) is 19.0 Å². The second kappa shape index (κ2) is 16.4. The molecule has 0 fully saturated rings. The van der Waals surface area contributed by atoms with Gasteiger partial charge in [0.2, 0.25) is 0 Å². The van der Waals surface area contributed by atoms with E-state index < -0.39 is 0 Å². The zero-order chi connectivity index (χ0) is 22.9. The first-order chi connectivity index (χ1) is 15.8. The molecule has 3 heteroatoms. The molecule has 0 aliphatic heterocycles. The van der Waals surface area contributed by atoms with Gasteiger partial charge in [0.15, 0.2) is 17.3 Å². The molecule has 2 aromatic rings. The van der Waals surface area contributed by atoms with Crippen LogP contribution in [0.4, 0.5) is 0 Å². The molecule has 2 rings (SSSR count). The van der Waals surface area contributed by atoms with Crippen LogP contribution in [0.15, 0.2) is 48.5 Å². The topological polar surface area (TPSA) is 35.5 Å². The van der Waals surface area contributed by atoms with Gasteiger partial charge in [-0.15, -0.1) is 0 Å². The average molecular weight is 439 g/mol. The highest BCUT2D eigenvalue weighted by Crippen LogP contribution is 2.30. The zero-order valence-corrected chi connectivity index (χ0v) is 20.2. The third-order valence-electron chi connectivity index (χ3n) is 5.75. The number of benzene rings is 2. The Morgan fingerprint density at radius 2 is 1.12 bits per heavy atom. The van der Waals surface area contributed by atoms with Crippen LogP contribution in [0.3, 0.4) is 0 Å². The summed E-state index contributed by atoms with van der Waals surface area (Å²) in [5.41, 5.74) is 1.33. The smallest absolute Gasteiger partial charge is 0.193 e. The molecule has 0 radical (unpaired) electrons. The summed E-state index contributed by atoms with van der Waals surface area (Å²) in [5.74, 6) is 1.44. The van der Waals surface area contributed by atoms with Crippen LogP contribution in [0.5, 0.6) is 11.5 Å². The van der Waals surface area contributed by atoms with Crippen molar-refractivity contribution in [3.8, 4) is 11.5 Å². The maximum absolute atomic E-state index is 12.9. The minimum Gasteiger partial charge on any atom is -0.490 e. The van der Waals surface area contributed by atoms with Crippen LogP contribution in [0.25, 0.3) is 0 Å². The fourth-order valence-electron chi connectivity index (χ4n) is 3.77. The summed E-state index contributed by atoms with van der Waals surface area (Å²) in [6, 6.07) is 15.0. The van der Waals surface area contributed by atoms with Crippen LogP contribution in [-0.2, 0) is 0 Å². The molecule has 0 saturated heterocycles. The fourth-order valence-corrected chi connectivity index (χ4v) is 3.77. The third-order valence-corrected chi connectivity index (χ3v) is 5.75. The van der Waals surface area contributed by atoms with Gasteiger partial charge in [0, 0.05) is 11.1 Å². The van der Waals surface area contributed by atoms with Gasteiger partial charge >= 0.3 is 0 Å². The summed E-state index contributed by atoms with van der Waals surface area (Å²) >= 11 is 0. The number of ketones is 1. The van der Waals surface area contributed by atoms with Crippen molar-refractivity contribution in [3.05, 3.63) is 59.7 Å². The fraction of sp³-hybridized carbons (Fsp3) is 0.552. The lowest BCUT2D eigenvalue weighted by Crippen LogP contribution is -2.06. The summed E-state index contributed by atoms with van der Waals surface area (Å²) in [7, 11) is 0. The first kappa shape index (κ1) is 26.0. The second-order valence-corrected chi connectivity index (χ2v) is 8.59. The Bertz CT molecular complexity index is 754. The molecule has 3 nitrogen and oxygen atoms in total. The van der Waals surface area contributed by atoms with E-state index in [1.54, 1.807) is 0 Å². The highest BCUT2D eigenvalue weighted by molar-refractivity contribution is 6.09. The van der Waals surface area contributed by atoms with Crippen LogP contribution in [0.2, 0.25) is 0 Å². The van der Waals surface area contributed by atoms with Gasteiger partial charge in [0.25, 0.3) is 0 Å². The van der Waals surface area contributed by atoms with E-state index in [1.807, 2.05) is 48.5 Å². The number of hydrogen-bond donors (Lipinski definition) is 0. The first-order valence-electron chi connectivity index (χ1n) is 12.8. The summed E-state index contributed by atoms with van der Waals surface area (Å²) in [5, 5.41) is 0. The zero-order valence-electron chi connectivity index (χ0n) is 20.2. The highest BCUT2D eigenvalue weighted by Gasteiger charge is 2.13. The second-order valence-electron chi connectivity index (χ2n) is 8.59. The molecular formula is C29H42O3. The Balaban J connectivity index is 1.94. The maximum Gasteiger partial charge on any atom is 0.193 e. The largest absolute Gasteiger partial charge is 0.490 e. The molecule has 0 aromatic heterocycles. The monoisotopic (exact) mass is 438 g/mol. The number of carbonyl (C=O) groups is 1. The summed E-state index contributed by atoms with van der Waals surface area (Å²) in [6.07, 6.45) is 14.7. The van der Waals surface area contributed by atoms with E-state index in [-0.39, 0.29) is 5.78 Å². The van der Waals surface area contributed by atoms with Crippen LogP contribution in [0, 0.1) is 0 Å². The van der Waals surface area contributed by atoms with Gasteiger partial charge in [-0.1, -0.05) is 108 Å².